The van der Waals surface area contributed by atoms with Gasteiger partial charge in [-0.05, 0) is 62.3 Å². The van der Waals surface area contributed by atoms with Gasteiger partial charge in [0.25, 0.3) is 0 Å². The van der Waals surface area contributed by atoms with Crippen LogP contribution in [0.25, 0.3) is 0 Å². The number of ether oxygens (including phenoxy) is 2. The van der Waals surface area contributed by atoms with E-state index in [2.05, 4.69) is 15.5 Å². The van der Waals surface area contributed by atoms with E-state index >= 15 is 0 Å². The van der Waals surface area contributed by atoms with Gasteiger partial charge in [-0.15, -0.1) is 21.5 Å². The SMILES string of the molecule is COC(=O)c1c(NC(=O)CSc2nnc(COc3cc(C)ccc3C)n2C)sc2c1CCCCC2. The third kappa shape index (κ3) is 5.87. The third-order valence-corrected chi connectivity index (χ3v) is 8.25. The standard InChI is InChI=1S/C25H30N4O4S2/c1-15-10-11-16(2)18(12-15)33-13-20-27-28-25(29(20)3)34-14-21(30)26-23-22(24(31)32-4)17-8-6-5-7-9-19(17)35-23/h10-12H,5-9,13-14H2,1-4H3,(H,26,30). The van der Waals surface area contributed by atoms with Crippen LogP contribution in [0.2, 0.25) is 0 Å². The van der Waals surface area contributed by atoms with Crippen LogP contribution in [0.1, 0.15) is 57.0 Å². The number of thioether (sulfide) groups is 1. The number of amides is 1. The van der Waals surface area contributed by atoms with Crippen molar-refractivity contribution in [2.45, 2.75) is 57.7 Å². The summed E-state index contributed by atoms with van der Waals surface area (Å²) in [5.41, 5.74) is 3.73. The quantitative estimate of drug-likeness (QED) is 0.261. The zero-order chi connectivity index (χ0) is 24.9. The number of rotatable bonds is 8. The minimum atomic E-state index is -0.394. The Morgan fingerprint density at radius 2 is 1.97 bits per heavy atom. The van der Waals surface area contributed by atoms with Crippen molar-refractivity contribution in [2.24, 2.45) is 7.05 Å². The molecule has 0 bridgehead atoms. The molecule has 1 aliphatic rings. The predicted molar refractivity (Wildman–Crippen MR) is 138 cm³/mol. The summed E-state index contributed by atoms with van der Waals surface area (Å²) in [7, 11) is 3.23. The summed E-state index contributed by atoms with van der Waals surface area (Å²) in [6, 6.07) is 6.07. The monoisotopic (exact) mass is 514 g/mol. The van der Waals surface area contributed by atoms with Gasteiger partial charge in [0.05, 0.1) is 18.4 Å². The first-order valence-corrected chi connectivity index (χ1v) is 13.4. The average Bonchev–Trinajstić information content (AvgIpc) is 3.27. The number of fused-ring (bicyclic) bond motifs is 1. The van der Waals surface area contributed by atoms with Gasteiger partial charge in [0, 0.05) is 11.9 Å². The number of methoxy groups -OCH3 is 1. The van der Waals surface area contributed by atoms with E-state index in [1.54, 1.807) is 0 Å². The molecular formula is C25H30N4O4S2. The molecule has 35 heavy (non-hydrogen) atoms. The molecule has 0 saturated carbocycles. The van der Waals surface area contributed by atoms with Gasteiger partial charge < -0.3 is 19.4 Å². The fourth-order valence-corrected chi connectivity index (χ4v) is 6.07. The number of anilines is 1. The molecule has 10 heteroatoms. The van der Waals surface area contributed by atoms with Crippen LogP contribution < -0.4 is 10.1 Å². The Hall–Kier alpha value is -2.85. The van der Waals surface area contributed by atoms with E-state index in [0.29, 0.717) is 21.5 Å². The largest absolute Gasteiger partial charge is 0.485 e. The summed E-state index contributed by atoms with van der Waals surface area (Å²) in [6.07, 6.45) is 5.06. The summed E-state index contributed by atoms with van der Waals surface area (Å²) in [6.45, 7) is 4.31. The second-order valence-electron chi connectivity index (χ2n) is 8.61. The topological polar surface area (TPSA) is 95.3 Å². The zero-order valence-electron chi connectivity index (χ0n) is 20.5. The molecule has 4 rings (SSSR count). The lowest BCUT2D eigenvalue weighted by atomic mass is 10.1. The van der Waals surface area contributed by atoms with Crippen LogP contribution in [0, 0.1) is 13.8 Å². The van der Waals surface area contributed by atoms with Crippen LogP contribution in [-0.4, -0.2) is 39.5 Å². The molecule has 0 spiro atoms. The van der Waals surface area contributed by atoms with E-state index in [0.717, 1.165) is 54.5 Å². The normalized spacial score (nSPS) is 13.1. The van der Waals surface area contributed by atoms with Crippen molar-refractivity contribution < 1.29 is 19.1 Å². The van der Waals surface area contributed by atoms with Crippen LogP contribution in [-0.2, 0) is 36.0 Å². The van der Waals surface area contributed by atoms with Crippen LogP contribution >= 0.6 is 23.1 Å². The summed E-state index contributed by atoms with van der Waals surface area (Å²) in [5.74, 6) is 1.04. The maximum absolute atomic E-state index is 12.8. The number of carbonyl (C=O) groups excluding carboxylic acids is 2. The van der Waals surface area contributed by atoms with Crippen molar-refractivity contribution in [3.8, 4) is 5.75 Å². The van der Waals surface area contributed by atoms with E-state index in [4.69, 9.17) is 9.47 Å². The van der Waals surface area contributed by atoms with Gasteiger partial charge in [0.15, 0.2) is 11.0 Å². The number of aromatic nitrogens is 3. The number of aryl methyl sites for hydroxylation is 3. The summed E-state index contributed by atoms with van der Waals surface area (Å²) in [4.78, 5) is 26.4. The van der Waals surface area contributed by atoms with Crippen molar-refractivity contribution in [3.63, 3.8) is 0 Å². The van der Waals surface area contributed by atoms with Crippen LogP contribution in [0.5, 0.6) is 5.75 Å². The molecule has 1 aliphatic carbocycles. The fourth-order valence-electron chi connectivity index (χ4n) is 4.04. The Labute approximate surface area is 213 Å². The molecule has 1 N–H and O–H groups in total. The van der Waals surface area contributed by atoms with Crippen LogP contribution in [0.15, 0.2) is 23.4 Å². The molecule has 0 saturated heterocycles. The number of benzene rings is 1. The van der Waals surface area contributed by atoms with Crippen molar-refractivity contribution in [1.29, 1.82) is 0 Å². The number of hydrogen-bond acceptors (Lipinski definition) is 8. The molecule has 1 aromatic carbocycles. The molecule has 0 radical (unpaired) electrons. The van der Waals surface area contributed by atoms with Gasteiger partial charge in [-0.3, -0.25) is 4.79 Å². The molecule has 0 fully saturated rings. The second-order valence-corrected chi connectivity index (χ2v) is 10.7. The Morgan fingerprint density at radius 3 is 2.77 bits per heavy atom. The lowest BCUT2D eigenvalue weighted by molar-refractivity contribution is -0.113. The smallest absolute Gasteiger partial charge is 0.341 e. The van der Waals surface area contributed by atoms with Gasteiger partial charge in [0.1, 0.15) is 17.4 Å². The third-order valence-electron chi connectivity index (χ3n) is 6.02. The minimum Gasteiger partial charge on any atom is -0.485 e. The summed E-state index contributed by atoms with van der Waals surface area (Å²) >= 11 is 2.78. The number of carbonyl (C=O) groups is 2. The van der Waals surface area contributed by atoms with E-state index < -0.39 is 5.97 Å². The Bertz CT molecular complexity index is 1230. The van der Waals surface area contributed by atoms with E-state index in [-0.39, 0.29) is 18.3 Å². The summed E-state index contributed by atoms with van der Waals surface area (Å²) in [5, 5.41) is 12.6. The molecule has 2 heterocycles. The maximum Gasteiger partial charge on any atom is 0.341 e. The summed E-state index contributed by atoms with van der Waals surface area (Å²) < 4.78 is 12.8. The number of nitrogens with one attached hydrogen (secondary N) is 1. The highest BCUT2D eigenvalue weighted by Crippen LogP contribution is 2.38. The predicted octanol–water partition coefficient (Wildman–Crippen LogP) is 4.86. The fraction of sp³-hybridized carbons (Fsp3) is 0.440. The molecule has 0 unspecified atom stereocenters. The van der Waals surface area contributed by atoms with Gasteiger partial charge in [-0.25, -0.2) is 4.79 Å². The molecule has 1 amide bonds. The van der Waals surface area contributed by atoms with Crippen molar-refractivity contribution in [1.82, 2.24) is 14.8 Å². The Kier molecular flexibility index (Phi) is 8.12. The molecule has 0 atom stereocenters. The number of nitrogens with zero attached hydrogens (tertiary/aromatic N) is 3. The Morgan fingerprint density at radius 1 is 1.17 bits per heavy atom. The molecule has 2 aromatic heterocycles. The zero-order valence-corrected chi connectivity index (χ0v) is 22.1. The number of esters is 1. The minimum absolute atomic E-state index is 0.146. The highest BCUT2D eigenvalue weighted by Gasteiger charge is 2.26. The van der Waals surface area contributed by atoms with Crippen molar-refractivity contribution in [2.75, 3.05) is 18.2 Å². The lowest BCUT2D eigenvalue weighted by Crippen LogP contribution is -2.16. The van der Waals surface area contributed by atoms with Crippen molar-refractivity contribution in [3.05, 3.63) is 51.2 Å². The molecule has 8 nitrogen and oxygen atoms in total. The van der Waals surface area contributed by atoms with Gasteiger partial charge >= 0.3 is 5.97 Å². The van der Waals surface area contributed by atoms with E-state index in [1.807, 2.05) is 43.7 Å². The molecule has 0 aliphatic heterocycles. The van der Waals surface area contributed by atoms with Gasteiger partial charge in [-0.2, -0.15) is 0 Å². The van der Waals surface area contributed by atoms with Gasteiger partial charge in [-0.1, -0.05) is 30.3 Å². The highest BCUT2D eigenvalue weighted by atomic mass is 32.2. The highest BCUT2D eigenvalue weighted by molar-refractivity contribution is 7.99. The van der Waals surface area contributed by atoms with Crippen molar-refractivity contribution >= 4 is 40.0 Å². The Balaban J connectivity index is 1.38. The van der Waals surface area contributed by atoms with Crippen LogP contribution in [0.3, 0.4) is 0 Å². The first kappa shape index (κ1) is 25.2. The van der Waals surface area contributed by atoms with Crippen LogP contribution in [0.4, 0.5) is 5.00 Å². The second kappa shape index (κ2) is 11.3. The van der Waals surface area contributed by atoms with Gasteiger partial charge in [0.2, 0.25) is 5.91 Å². The molecule has 3 aromatic rings. The van der Waals surface area contributed by atoms with E-state index in [1.165, 1.54) is 35.1 Å². The number of hydrogen-bond donors (Lipinski definition) is 1. The molecular weight excluding hydrogens is 484 g/mol. The average molecular weight is 515 g/mol. The number of thiophene rings is 1. The first-order chi connectivity index (χ1) is 16.9. The van der Waals surface area contributed by atoms with E-state index in [9.17, 15) is 9.59 Å². The first-order valence-electron chi connectivity index (χ1n) is 11.6. The molecule has 186 valence electrons. The maximum atomic E-state index is 12.8. The lowest BCUT2D eigenvalue weighted by Gasteiger charge is -2.10.